The predicted octanol–water partition coefficient (Wildman–Crippen LogP) is 5.36. The van der Waals surface area contributed by atoms with Gasteiger partial charge >= 0.3 is 0 Å². The molecule has 218 valence electrons. The number of nitrogens with zero attached hydrogens (tertiary/aromatic N) is 4. The van der Waals surface area contributed by atoms with E-state index in [9.17, 15) is 14.3 Å². The van der Waals surface area contributed by atoms with Gasteiger partial charge in [0.1, 0.15) is 0 Å². The van der Waals surface area contributed by atoms with E-state index >= 15 is 0 Å². The molecule has 0 spiro atoms. The van der Waals surface area contributed by atoms with Crippen molar-refractivity contribution in [1.29, 1.82) is 5.26 Å². The van der Waals surface area contributed by atoms with Crippen LogP contribution in [0.25, 0.3) is 16.5 Å². The van der Waals surface area contributed by atoms with Crippen LogP contribution in [0.15, 0.2) is 36.4 Å². The number of anilines is 1. The number of fused-ring (bicyclic) bond motifs is 4. The molecule has 4 heterocycles. The molecule has 1 N–H and O–H groups in total. The number of hydrogen-bond donors (Lipinski definition) is 1. The van der Waals surface area contributed by atoms with E-state index < -0.39 is 16.4 Å². The average Bonchev–Trinajstić information content (AvgIpc) is 3.69. The van der Waals surface area contributed by atoms with Crippen LogP contribution in [0.1, 0.15) is 84.3 Å². The van der Waals surface area contributed by atoms with Crippen LogP contribution in [-0.4, -0.2) is 75.7 Å². The molecule has 0 saturated carbocycles. The molecule has 42 heavy (non-hydrogen) atoms. The van der Waals surface area contributed by atoms with Crippen LogP contribution in [-0.2, 0) is 16.4 Å². The molecule has 3 aliphatic heterocycles. The third-order valence-corrected chi connectivity index (χ3v) is 11.2. The highest BCUT2D eigenvalue weighted by Gasteiger charge is 2.41. The van der Waals surface area contributed by atoms with Gasteiger partial charge in [0.15, 0.2) is 5.78 Å². The molecule has 3 aromatic rings. The lowest BCUT2D eigenvalue weighted by Crippen LogP contribution is -2.44. The summed E-state index contributed by atoms with van der Waals surface area (Å²) in [6.45, 7) is 10.3. The second-order valence-corrected chi connectivity index (χ2v) is 14.2. The zero-order chi connectivity index (χ0) is 29.2. The molecule has 7 nitrogen and oxygen atoms in total. The van der Waals surface area contributed by atoms with Crippen molar-refractivity contribution in [1.82, 2.24) is 14.2 Å². The first-order chi connectivity index (χ1) is 20.3. The SMILES string of the molecule is CS(=O)N1CC=C(c2cc3c(cc2N2CCC(N4CCCC4)CC2)C(C)(C)c2[nH]c4cc(C#N)ccc4c2C3=O)CC1. The fourth-order valence-corrected chi connectivity index (χ4v) is 8.39. The van der Waals surface area contributed by atoms with Crippen molar-refractivity contribution in [2.75, 3.05) is 50.4 Å². The lowest BCUT2D eigenvalue weighted by Gasteiger charge is -2.40. The maximum Gasteiger partial charge on any atom is 0.195 e. The Morgan fingerprint density at radius 3 is 2.45 bits per heavy atom. The average molecular weight is 582 g/mol. The molecule has 4 aliphatic rings. The highest BCUT2D eigenvalue weighted by molar-refractivity contribution is 7.81. The first kappa shape index (κ1) is 27.6. The van der Waals surface area contributed by atoms with Crippen LogP contribution in [0.5, 0.6) is 0 Å². The molecule has 8 heteroatoms. The number of nitriles is 1. The predicted molar refractivity (Wildman–Crippen MR) is 169 cm³/mol. The number of carbonyl (C=O) groups excluding carboxylic acids is 1. The Morgan fingerprint density at radius 2 is 1.79 bits per heavy atom. The minimum absolute atomic E-state index is 0.0449. The molecule has 0 radical (unpaired) electrons. The topological polar surface area (TPSA) is 83.4 Å². The second-order valence-electron chi connectivity index (χ2n) is 12.9. The van der Waals surface area contributed by atoms with E-state index in [1.54, 1.807) is 12.3 Å². The number of rotatable bonds is 4. The van der Waals surface area contributed by atoms with Crippen molar-refractivity contribution in [2.45, 2.75) is 57.4 Å². The fraction of sp³-hybridized carbons (Fsp3) is 0.471. The first-order valence-corrected chi connectivity index (χ1v) is 16.8. The smallest absolute Gasteiger partial charge is 0.195 e. The van der Waals surface area contributed by atoms with Gasteiger partial charge in [0.05, 0.1) is 28.2 Å². The fourth-order valence-electron chi connectivity index (χ4n) is 7.76. The minimum atomic E-state index is -0.997. The molecule has 0 amide bonds. The molecular weight excluding hydrogens is 542 g/mol. The lowest BCUT2D eigenvalue weighted by atomic mass is 9.70. The van der Waals surface area contributed by atoms with Crippen molar-refractivity contribution in [3.8, 4) is 6.07 Å². The summed E-state index contributed by atoms with van der Waals surface area (Å²) in [4.78, 5) is 23.1. The van der Waals surface area contributed by atoms with E-state index in [1.807, 2.05) is 16.4 Å². The zero-order valence-electron chi connectivity index (χ0n) is 24.8. The van der Waals surface area contributed by atoms with Gasteiger partial charge in [0.2, 0.25) is 0 Å². The Bertz CT molecular complexity index is 1680. The molecule has 7 rings (SSSR count). The lowest BCUT2D eigenvalue weighted by molar-refractivity contribution is 0.103. The van der Waals surface area contributed by atoms with Gasteiger partial charge in [0.25, 0.3) is 0 Å². The number of carbonyl (C=O) groups is 1. The maximum absolute atomic E-state index is 14.3. The van der Waals surface area contributed by atoms with Crippen LogP contribution in [0.2, 0.25) is 0 Å². The third kappa shape index (κ3) is 4.45. The van der Waals surface area contributed by atoms with Gasteiger partial charge in [-0.05, 0) is 80.6 Å². The molecule has 2 aromatic carbocycles. The van der Waals surface area contributed by atoms with Crippen molar-refractivity contribution in [3.05, 3.63) is 69.9 Å². The largest absolute Gasteiger partial charge is 0.371 e. The van der Waals surface area contributed by atoms with E-state index in [-0.39, 0.29) is 5.78 Å². The number of likely N-dealkylation sites (tertiary alicyclic amines) is 1. The number of aromatic amines is 1. The molecule has 2 fully saturated rings. The van der Waals surface area contributed by atoms with E-state index in [2.05, 4.69) is 52.9 Å². The van der Waals surface area contributed by atoms with Crippen molar-refractivity contribution in [2.24, 2.45) is 0 Å². The summed E-state index contributed by atoms with van der Waals surface area (Å²) in [6.07, 6.45) is 9.72. The van der Waals surface area contributed by atoms with Gasteiger partial charge in [0, 0.05) is 77.3 Å². The first-order valence-electron chi connectivity index (χ1n) is 15.3. The maximum atomic E-state index is 14.3. The monoisotopic (exact) mass is 581 g/mol. The van der Waals surface area contributed by atoms with Crippen LogP contribution in [0.4, 0.5) is 5.69 Å². The summed E-state index contributed by atoms with van der Waals surface area (Å²) in [5.41, 5.74) is 8.08. The Hall–Kier alpha value is -3.25. The molecule has 1 aromatic heterocycles. The van der Waals surface area contributed by atoms with E-state index in [4.69, 9.17) is 0 Å². The minimum Gasteiger partial charge on any atom is -0.371 e. The second kappa shape index (κ2) is 10.5. The summed E-state index contributed by atoms with van der Waals surface area (Å²) in [5.74, 6) is 0.0449. The molecule has 1 atom stereocenters. The van der Waals surface area contributed by atoms with Gasteiger partial charge < -0.3 is 14.8 Å². The summed E-state index contributed by atoms with van der Waals surface area (Å²) in [6, 6.07) is 12.9. The van der Waals surface area contributed by atoms with Gasteiger partial charge in [-0.2, -0.15) is 5.26 Å². The number of hydrogen-bond acceptors (Lipinski definition) is 5. The zero-order valence-corrected chi connectivity index (χ0v) is 25.6. The van der Waals surface area contributed by atoms with Crippen molar-refractivity contribution in [3.63, 3.8) is 0 Å². The van der Waals surface area contributed by atoms with Gasteiger partial charge in [-0.3, -0.25) is 4.79 Å². The number of nitrogens with one attached hydrogen (secondary N) is 1. The number of piperidine rings is 1. The van der Waals surface area contributed by atoms with Crippen LogP contribution >= 0.6 is 0 Å². The van der Waals surface area contributed by atoms with E-state index in [0.29, 0.717) is 18.2 Å². The standard InChI is InChI=1S/C34H39N5O2S/c1-34(2)28-20-30(38-14-10-24(11-15-38)37-12-4-5-13-37)26(23-8-16-39(17-9-23)42(3)41)19-27(28)32(40)31-25-7-6-22(21-35)18-29(25)36-33(31)34/h6-8,18-20,24,36H,4-5,9-17H2,1-3H3. The summed E-state index contributed by atoms with van der Waals surface area (Å²) in [5, 5.41) is 10.3. The Labute approximate surface area is 250 Å². The number of aromatic nitrogens is 1. The van der Waals surface area contributed by atoms with Crippen molar-refractivity contribution < 1.29 is 9.00 Å². The summed E-state index contributed by atoms with van der Waals surface area (Å²) >= 11 is 0. The van der Waals surface area contributed by atoms with E-state index in [0.717, 1.165) is 77.7 Å². The Kier molecular flexibility index (Phi) is 6.88. The summed E-state index contributed by atoms with van der Waals surface area (Å²) < 4.78 is 14.2. The molecule has 1 unspecified atom stereocenters. The number of H-pyrrole nitrogens is 1. The third-order valence-electron chi connectivity index (χ3n) is 10.2. The van der Waals surface area contributed by atoms with E-state index in [1.165, 1.54) is 37.2 Å². The van der Waals surface area contributed by atoms with Crippen molar-refractivity contribution >= 4 is 38.9 Å². The van der Waals surface area contributed by atoms with Crippen LogP contribution < -0.4 is 4.90 Å². The summed E-state index contributed by atoms with van der Waals surface area (Å²) in [7, 11) is -0.997. The quantitative estimate of drug-likeness (QED) is 0.449. The van der Waals surface area contributed by atoms with Gasteiger partial charge in [-0.1, -0.05) is 26.0 Å². The molecule has 1 aliphatic carbocycles. The Morgan fingerprint density at radius 1 is 1.02 bits per heavy atom. The van der Waals surface area contributed by atoms with Gasteiger partial charge in [-0.25, -0.2) is 8.51 Å². The number of benzene rings is 2. The highest BCUT2D eigenvalue weighted by Crippen LogP contribution is 2.47. The molecule has 0 bridgehead atoms. The van der Waals surface area contributed by atoms with Crippen LogP contribution in [0.3, 0.4) is 0 Å². The van der Waals surface area contributed by atoms with Gasteiger partial charge in [-0.15, -0.1) is 0 Å². The molecular formula is C34H39N5O2S. The Balaban J connectivity index is 1.33. The highest BCUT2D eigenvalue weighted by atomic mass is 32.2. The molecule has 2 saturated heterocycles. The number of ketones is 1. The van der Waals surface area contributed by atoms with Crippen LogP contribution in [0, 0.1) is 11.3 Å². The normalized spacial score (nSPS) is 22.1.